The zero-order valence-corrected chi connectivity index (χ0v) is 18.9. The molecule has 0 radical (unpaired) electrons. The molecule has 0 fully saturated rings. The summed E-state index contributed by atoms with van der Waals surface area (Å²) in [6.07, 6.45) is 0. The highest BCUT2D eigenvalue weighted by molar-refractivity contribution is 7.98. The van der Waals surface area contributed by atoms with Crippen LogP contribution >= 0.6 is 11.8 Å². The molecule has 4 aromatic rings. The number of amides is 1. The molecule has 168 valence electrons. The quantitative estimate of drug-likeness (QED) is 0.313. The number of aromatic amines is 1. The molecule has 1 spiro atoms. The number of anilines is 2. The summed E-state index contributed by atoms with van der Waals surface area (Å²) in [7, 11) is 0. The van der Waals surface area contributed by atoms with Gasteiger partial charge in [-0.2, -0.15) is 0 Å². The molecule has 1 atom stereocenters. The average Bonchev–Trinajstić information content (AvgIpc) is 3.10. The minimum Gasteiger partial charge on any atom is -0.317 e. The van der Waals surface area contributed by atoms with Crippen molar-refractivity contribution in [3.8, 4) is 11.3 Å². The number of nitrogens with zero attached hydrogens (tertiary/aromatic N) is 2. The third kappa shape index (κ3) is 3.04. The molecule has 0 bridgehead atoms. The van der Waals surface area contributed by atoms with Crippen LogP contribution in [-0.2, 0) is 16.2 Å². The molecule has 3 N–H and O–H groups in total. The summed E-state index contributed by atoms with van der Waals surface area (Å²) in [5.74, 6) is -0.352. The number of thioether (sulfide) groups is 1. The Balaban J connectivity index is 1.54. The summed E-state index contributed by atoms with van der Waals surface area (Å²) in [6.45, 7) is 2.02. The fourth-order valence-electron chi connectivity index (χ4n) is 4.44. The van der Waals surface area contributed by atoms with Gasteiger partial charge < -0.3 is 10.6 Å². The third-order valence-corrected chi connectivity index (χ3v) is 7.03. The van der Waals surface area contributed by atoms with Crippen molar-refractivity contribution in [2.75, 3.05) is 10.6 Å². The SMILES string of the molecule is Cc1ccc(CSc2n[n+]3c(c(=O)[nH]2)-c2ccccc2N[C@@]32C(=O)Nc3ccc(F)cc32)cc1. The monoisotopic (exact) mass is 472 g/mol. The van der Waals surface area contributed by atoms with E-state index in [2.05, 4.69) is 15.6 Å². The van der Waals surface area contributed by atoms with Crippen molar-refractivity contribution < 1.29 is 13.9 Å². The molecule has 3 aromatic carbocycles. The van der Waals surface area contributed by atoms with Crippen LogP contribution in [0.15, 0.2) is 76.7 Å². The van der Waals surface area contributed by atoms with Gasteiger partial charge >= 0.3 is 22.8 Å². The lowest BCUT2D eigenvalue weighted by molar-refractivity contribution is -0.781. The van der Waals surface area contributed by atoms with Crippen molar-refractivity contribution in [2.24, 2.45) is 0 Å². The van der Waals surface area contributed by atoms with Crippen LogP contribution in [0.5, 0.6) is 0 Å². The zero-order chi connectivity index (χ0) is 23.4. The van der Waals surface area contributed by atoms with Crippen molar-refractivity contribution in [1.82, 2.24) is 10.1 Å². The molecule has 3 heterocycles. The van der Waals surface area contributed by atoms with E-state index in [0.29, 0.717) is 33.4 Å². The number of nitrogens with one attached hydrogen (secondary N) is 3. The molecule has 2 aliphatic heterocycles. The standard InChI is InChI=1S/C25H18FN5O2S/c1-14-6-8-15(9-7-14)13-34-24-28-22(32)21-17-4-2-3-5-19(17)29-25(31(21)30-24)18-12-16(26)10-11-20(18)27-23(25)33/h2-12H,13H2,1H3,(H2,27,28,30,32,33)/p+1/t25-/m1/s1. The van der Waals surface area contributed by atoms with Crippen molar-refractivity contribution in [3.05, 3.63) is 99.6 Å². The minimum atomic E-state index is -1.60. The number of carbonyl (C=O) groups is 1. The van der Waals surface area contributed by atoms with E-state index in [1.807, 2.05) is 43.3 Å². The molecule has 0 aliphatic carbocycles. The average molecular weight is 473 g/mol. The maximum atomic E-state index is 14.3. The molecule has 34 heavy (non-hydrogen) atoms. The van der Waals surface area contributed by atoms with E-state index in [4.69, 9.17) is 5.10 Å². The van der Waals surface area contributed by atoms with E-state index in [1.54, 1.807) is 12.1 Å². The molecular formula is C25H19FN5O2S+. The van der Waals surface area contributed by atoms with Crippen molar-refractivity contribution >= 4 is 29.0 Å². The summed E-state index contributed by atoms with van der Waals surface area (Å²) < 4.78 is 15.7. The van der Waals surface area contributed by atoms with Crippen LogP contribution in [0.4, 0.5) is 15.8 Å². The lowest BCUT2D eigenvalue weighted by Gasteiger charge is -2.28. The molecule has 0 saturated heterocycles. The molecule has 2 aliphatic rings. The molecule has 7 nitrogen and oxygen atoms in total. The molecule has 6 rings (SSSR count). The van der Waals surface area contributed by atoms with Crippen molar-refractivity contribution in [3.63, 3.8) is 0 Å². The van der Waals surface area contributed by atoms with E-state index < -0.39 is 17.4 Å². The van der Waals surface area contributed by atoms with Gasteiger partial charge in [0.2, 0.25) is 5.16 Å². The Hall–Kier alpha value is -3.98. The number of fused-ring (bicyclic) bond motifs is 6. The fraction of sp³-hybridized carbons (Fsp3) is 0.120. The lowest BCUT2D eigenvalue weighted by Crippen LogP contribution is -2.71. The number of aromatic nitrogens is 3. The van der Waals surface area contributed by atoms with Crippen LogP contribution in [0.3, 0.4) is 0 Å². The predicted molar refractivity (Wildman–Crippen MR) is 127 cm³/mol. The summed E-state index contributed by atoms with van der Waals surface area (Å²) >= 11 is 1.35. The van der Waals surface area contributed by atoms with E-state index in [0.717, 1.165) is 11.1 Å². The van der Waals surface area contributed by atoms with E-state index >= 15 is 0 Å². The number of aryl methyl sites for hydroxylation is 1. The zero-order valence-electron chi connectivity index (χ0n) is 18.1. The Labute approximate surface area is 198 Å². The van der Waals surface area contributed by atoms with Gasteiger partial charge in [0.15, 0.2) is 0 Å². The number of para-hydroxylation sites is 1. The number of benzene rings is 3. The number of hydrogen-bond acceptors (Lipinski definition) is 5. The van der Waals surface area contributed by atoms with Gasteiger partial charge in [-0.15, -0.1) is 0 Å². The Morgan fingerprint density at radius 3 is 2.65 bits per heavy atom. The Bertz CT molecular complexity index is 1540. The van der Waals surface area contributed by atoms with Crippen LogP contribution in [0, 0.1) is 12.7 Å². The first-order valence-corrected chi connectivity index (χ1v) is 11.7. The number of H-pyrrole nitrogens is 1. The largest absolute Gasteiger partial charge is 0.374 e. The predicted octanol–water partition coefficient (Wildman–Crippen LogP) is 3.54. The Kier molecular flexibility index (Phi) is 4.56. The highest BCUT2D eigenvalue weighted by Gasteiger charge is 2.62. The number of halogens is 1. The number of hydrogen-bond donors (Lipinski definition) is 3. The molecule has 0 saturated carbocycles. The van der Waals surface area contributed by atoms with Gasteiger partial charge in [0.05, 0.1) is 22.5 Å². The Morgan fingerprint density at radius 2 is 1.82 bits per heavy atom. The van der Waals surface area contributed by atoms with Gasteiger partial charge in [-0.3, -0.25) is 14.6 Å². The molecular weight excluding hydrogens is 453 g/mol. The smallest absolute Gasteiger partial charge is 0.317 e. The summed E-state index contributed by atoms with van der Waals surface area (Å²) in [4.78, 5) is 29.7. The highest BCUT2D eigenvalue weighted by Crippen LogP contribution is 2.41. The molecule has 0 unspecified atom stereocenters. The lowest BCUT2D eigenvalue weighted by atomic mass is 9.95. The number of rotatable bonds is 3. The summed E-state index contributed by atoms with van der Waals surface area (Å²) in [5, 5.41) is 11.1. The number of carbonyl (C=O) groups excluding carboxylic acids is 1. The first-order valence-electron chi connectivity index (χ1n) is 10.7. The molecule has 1 amide bonds. The molecule has 9 heteroatoms. The van der Waals surface area contributed by atoms with Crippen molar-refractivity contribution in [2.45, 2.75) is 23.5 Å². The maximum Gasteiger partial charge on any atom is 0.374 e. The topological polar surface area (TPSA) is 90.8 Å². The van der Waals surface area contributed by atoms with Gasteiger partial charge in [0.25, 0.3) is 0 Å². The Morgan fingerprint density at radius 1 is 1.03 bits per heavy atom. The van der Waals surface area contributed by atoms with Gasteiger partial charge in [-0.1, -0.05) is 53.7 Å². The van der Waals surface area contributed by atoms with E-state index in [-0.39, 0.29) is 11.3 Å². The maximum absolute atomic E-state index is 14.3. The van der Waals surface area contributed by atoms with Gasteiger partial charge in [-0.25, -0.2) is 4.39 Å². The highest BCUT2D eigenvalue weighted by atomic mass is 32.2. The van der Waals surface area contributed by atoms with Gasteiger partial charge in [0.1, 0.15) is 5.82 Å². The summed E-state index contributed by atoms with van der Waals surface area (Å²) in [6, 6.07) is 19.4. The molecule has 1 aromatic heterocycles. The van der Waals surface area contributed by atoms with Crippen LogP contribution in [0.2, 0.25) is 0 Å². The second kappa shape index (κ2) is 7.53. The van der Waals surface area contributed by atoms with Crippen molar-refractivity contribution in [1.29, 1.82) is 0 Å². The normalized spacial score (nSPS) is 17.5. The minimum absolute atomic E-state index is 0.223. The van der Waals surface area contributed by atoms with E-state index in [9.17, 15) is 14.0 Å². The van der Waals surface area contributed by atoms with Crippen LogP contribution in [0.25, 0.3) is 11.3 Å². The van der Waals surface area contributed by atoms with Crippen LogP contribution in [-0.4, -0.2) is 16.0 Å². The summed E-state index contributed by atoms with van der Waals surface area (Å²) in [5.41, 5.74) is 2.50. The second-order valence-corrected chi connectivity index (χ2v) is 9.28. The van der Waals surface area contributed by atoms with Gasteiger partial charge in [0, 0.05) is 10.9 Å². The third-order valence-electron chi connectivity index (χ3n) is 6.10. The fourth-order valence-corrected chi connectivity index (χ4v) is 5.24. The first kappa shape index (κ1) is 20.6. The van der Waals surface area contributed by atoms with E-state index in [1.165, 1.54) is 34.6 Å². The first-order chi connectivity index (χ1) is 16.5. The van der Waals surface area contributed by atoms with Gasteiger partial charge in [-0.05, 0) is 47.5 Å². The van der Waals surface area contributed by atoms with Crippen LogP contribution in [0.1, 0.15) is 16.7 Å². The van der Waals surface area contributed by atoms with Crippen LogP contribution < -0.4 is 20.9 Å². The second-order valence-electron chi connectivity index (χ2n) is 8.32.